The lowest BCUT2D eigenvalue weighted by Crippen LogP contribution is -2.52. The molecular weight excluding hydrogens is 552 g/mol. The number of thiophene rings is 2. The third kappa shape index (κ3) is 4.56. The average molecular weight is 575 g/mol. The van der Waals surface area contributed by atoms with Crippen LogP contribution in [-0.4, -0.2) is 83.5 Å². The first kappa shape index (κ1) is 26.9. The largest absolute Gasteiger partial charge is 0.333 e. The van der Waals surface area contributed by atoms with E-state index in [4.69, 9.17) is 0 Å². The lowest BCUT2D eigenvalue weighted by Gasteiger charge is -2.28. The van der Waals surface area contributed by atoms with E-state index < -0.39 is 35.7 Å². The standard InChI is InChI=1S/C28H22N4O6S2/c1-29-23(33)18(24(34)30(2)27(29)37)13-15-5-7-16(8-6-15)20-11-12-22(40-20)21-10-9-17(39-21)14-19-25(35)31(3)28(38)32(4)26(19)36/h5-14H,1-4H3. The molecule has 0 bridgehead atoms. The molecule has 0 saturated carbocycles. The Bertz CT molecular complexity index is 1630. The summed E-state index contributed by atoms with van der Waals surface area (Å²) >= 11 is 2.99. The minimum Gasteiger partial charge on any atom is -0.268 e. The van der Waals surface area contributed by atoms with Crippen LogP contribution in [0.2, 0.25) is 0 Å². The molecule has 0 N–H and O–H groups in total. The van der Waals surface area contributed by atoms with E-state index in [1.54, 1.807) is 23.5 Å². The summed E-state index contributed by atoms with van der Waals surface area (Å²) in [6, 6.07) is 13.7. The van der Waals surface area contributed by atoms with Gasteiger partial charge < -0.3 is 0 Å². The van der Waals surface area contributed by atoms with Gasteiger partial charge in [-0.3, -0.25) is 38.8 Å². The first-order valence-electron chi connectivity index (χ1n) is 11.9. The van der Waals surface area contributed by atoms with Crippen LogP contribution in [-0.2, 0) is 19.2 Å². The van der Waals surface area contributed by atoms with Crippen LogP contribution in [0.15, 0.2) is 59.7 Å². The Kier molecular flexibility index (Phi) is 6.82. The molecule has 40 heavy (non-hydrogen) atoms. The number of amides is 8. The van der Waals surface area contributed by atoms with Crippen LogP contribution in [0.4, 0.5) is 9.59 Å². The molecule has 2 aromatic heterocycles. The Morgan fingerprint density at radius 1 is 0.500 bits per heavy atom. The molecule has 10 nitrogen and oxygen atoms in total. The Balaban J connectivity index is 1.35. The number of imide groups is 4. The molecule has 2 aliphatic rings. The predicted octanol–water partition coefficient (Wildman–Crippen LogP) is 4.01. The van der Waals surface area contributed by atoms with Crippen molar-refractivity contribution >= 4 is 70.5 Å². The van der Waals surface area contributed by atoms with Crippen LogP contribution in [0.25, 0.3) is 32.3 Å². The van der Waals surface area contributed by atoms with Crippen LogP contribution in [0.3, 0.4) is 0 Å². The van der Waals surface area contributed by atoms with Crippen LogP contribution < -0.4 is 0 Å². The highest BCUT2D eigenvalue weighted by molar-refractivity contribution is 7.24. The second-order valence-corrected chi connectivity index (χ2v) is 11.3. The fourth-order valence-corrected chi connectivity index (χ4v) is 6.24. The normalized spacial score (nSPS) is 16.5. The number of hydrogen-bond acceptors (Lipinski definition) is 8. The topological polar surface area (TPSA) is 115 Å². The summed E-state index contributed by atoms with van der Waals surface area (Å²) in [4.78, 5) is 81.1. The molecule has 202 valence electrons. The number of rotatable bonds is 4. The van der Waals surface area contributed by atoms with E-state index in [-0.39, 0.29) is 11.1 Å². The molecule has 4 heterocycles. The molecule has 3 aromatic rings. The van der Waals surface area contributed by atoms with Gasteiger partial charge in [0.15, 0.2) is 0 Å². The predicted molar refractivity (Wildman–Crippen MR) is 151 cm³/mol. The molecule has 0 aliphatic carbocycles. The van der Waals surface area contributed by atoms with Crippen LogP contribution in [0.1, 0.15) is 10.4 Å². The second-order valence-electron chi connectivity index (χ2n) is 9.13. The van der Waals surface area contributed by atoms with Gasteiger partial charge in [-0.2, -0.15) is 0 Å². The highest BCUT2D eigenvalue weighted by Gasteiger charge is 2.38. The molecule has 0 atom stereocenters. The van der Waals surface area contributed by atoms with E-state index in [2.05, 4.69) is 0 Å². The third-order valence-electron chi connectivity index (χ3n) is 6.56. The van der Waals surface area contributed by atoms with E-state index >= 15 is 0 Å². The van der Waals surface area contributed by atoms with E-state index in [1.165, 1.54) is 51.7 Å². The van der Waals surface area contributed by atoms with Crippen LogP contribution in [0, 0.1) is 0 Å². The molecule has 0 spiro atoms. The Labute approximate surface area is 237 Å². The quantitative estimate of drug-likeness (QED) is 0.344. The van der Waals surface area contributed by atoms with Crippen molar-refractivity contribution in [1.82, 2.24) is 19.6 Å². The average Bonchev–Trinajstić information content (AvgIpc) is 3.64. The summed E-state index contributed by atoms with van der Waals surface area (Å²) in [5, 5.41) is 0. The summed E-state index contributed by atoms with van der Waals surface area (Å²) in [5.74, 6) is -2.55. The van der Waals surface area contributed by atoms with Gasteiger partial charge in [0.2, 0.25) is 0 Å². The van der Waals surface area contributed by atoms with Crippen molar-refractivity contribution in [3.63, 3.8) is 0 Å². The molecule has 12 heteroatoms. The Hall–Kier alpha value is -4.68. The maximum atomic E-state index is 12.5. The molecule has 2 saturated heterocycles. The van der Waals surface area contributed by atoms with E-state index in [0.29, 0.717) is 10.4 Å². The minimum atomic E-state index is -0.668. The number of benzene rings is 1. The van der Waals surface area contributed by atoms with E-state index in [0.717, 1.165) is 39.8 Å². The molecular formula is C28H22N4O6S2. The monoisotopic (exact) mass is 574 g/mol. The zero-order valence-corrected chi connectivity index (χ0v) is 23.5. The number of nitrogens with zero attached hydrogens (tertiary/aromatic N) is 4. The van der Waals surface area contributed by atoms with Crippen molar-refractivity contribution in [2.75, 3.05) is 28.2 Å². The summed E-state index contributed by atoms with van der Waals surface area (Å²) in [6.45, 7) is 0. The van der Waals surface area contributed by atoms with Crippen molar-refractivity contribution in [2.24, 2.45) is 0 Å². The highest BCUT2D eigenvalue weighted by atomic mass is 32.1. The zero-order valence-electron chi connectivity index (χ0n) is 21.8. The van der Waals surface area contributed by atoms with E-state index in [9.17, 15) is 28.8 Å². The molecule has 8 amide bonds. The summed E-state index contributed by atoms with van der Waals surface area (Å²) < 4.78 is 0. The number of likely N-dealkylation sites (N-methyl/N-ethyl adjacent to an activating group) is 4. The molecule has 0 unspecified atom stereocenters. The Morgan fingerprint density at radius 2 is 0.925 bits per heavy atom. The van der Waals surface area contributed by atoms with Crippen molar-refractivity contribution in [3.05, 3.63) is 70.1 Å². The lowest BCUT2D eigenvalue weighted by molar-refractivity contribution is -0.135. The maximum Gasteiger partial charge on any atom is 0.333 e. The van der Waals surface area contributed by atoms with E-state index in [1.807, 2.05) is 36.4 Å². The van der Waals surface area contributed by atoms with Gasteiger partial charge in [-0.25, -0.2) is 9.59 Å². The smallest absolute Gasteiger partial charge is 0.268 e. The second kappa shape index (κ2) is 10.1. The fraction of sp³-hybridized carbons (Fsp3) is 0.143. The van der Waals surface area contributed by atoms with Gasteiger partial charge in [0.1, 0.15) is 11.1 Å². The van der Waals surface area contributed by atoms with Crippen molar-refractivity contribution in [1.29, 1.82) is 0 Å². The zero-order chi connectivity index (χ0) is 28.9. The number of carbonyl (C=O) groups is 6. The molecule has 1 aromatic carbocycles. The maximum absolute atomic E-state index is 12.5. The molecule has 5 rings (SSSR count). The van der Waals surface area contributed by atoms with Gasteiger partial charge in [-0.1, -0.05) is 24.3 Å². The Morgan fingerprint density at radius 3 is 1.45 bits per heavy atom. The minimum absolute atomic E-state index is 0.0681. The summed E-state index contributed by atoms with van der Waals surface area (Å²) in [5.41, 5.74) is 1.44. The summed E-state index contributed by atoms with van der Waals surface area (Å²) in [6.07, 6.45) is 2.98. The molecule has 2 aliphatic heterocycles. The van der Waals surface area contributed by atoms with Gasteiger partial charge in [-0.05, 0) is 47.5 Å². The molecule has 2 fully saturated rings. The molecule has 0 radical (unpaired) electrons. The first-order chi connectivity index (χ1) is 19.0. The van der Waals surface area contributed by atoms with Crippen molar-refractivity contribution < 1.29 is 28.8 Å². The number of urea groups is 2. The van der Waals surface area contributed by atoms with Crippen LogP contribution in [0.5, 0.6) is 0 Å². The fourth-order valence-electron chi connectivity index (χ4n) is 4.19. The number of carbonyl (C=O) groups excluding carboxylic acids is 6. The van der Waals surface area contributed by atoms with Crippen molar-refractivity contribution in [2.45, 2.75) is 0 Å². The lowest BCUT2D eigenvalue weighted by atomic mass is 10.0. The third-order valence-corrected chi connectivity index (χ3v) is 8.92. The first-order valence-corrected chi connectivity index (χ1v) is 13.5. The highest BCUT2D eigenvalue weighted by Crippen LogP contribution is 2.38. The van der Waals surface area contributed by atoms with Gasteiger partial charge in [-0.15, -0.1) is 22.7 Å². The SMILES string of the molecule is CN1C(=O)C(=Cc2ccc(-c3ccc(-c4ccc(C=C5C(=O)N(C)C(=O)N(C)C5=O)s4)s3)cc2)C(=O)N(C)C1=O. The van der Waals surface area contributed by atoms with Gasteiger partial charge in [0, 0.05) is 47.7 Å². The van der Waals surface area contributed by atoms with Gasteiger partial charge >= 0.3 is 12.1 Å². The van der Waals surface area contributed by atoms with Gasteiger partial charge in [0.25, 0.3) is 23.6 Å². The van der Waals surface area contributed by atoms with Crippen molar-refractivity contribution in [3.8, 4) is 20.2 Å². The number of hydrogen-bond donors (Lipinski definition) is 0. The van der Waals surface area contributed by atoms with Gasteiger partial charge in [0.05, 0.1) is 0 Å². The van der Waals surface area contributed by atoms with Crippen LogP contribution >= 0.6 is 22.7 Å². The summed E-state index contributed by atoms with van der Waals surface area (Å²) in [7, 11) is 5.35. The number of barbiturate groups is 2.